The molecule has 0 saturated carbocycles. The number of hydrogen-bond donors (Lipinski definition) is 1. The van der Waals surface area contributed by atoms with Crippen molar-refractivity contribution in [2.75, 3.05) is 0 Å². The molecule has 0 bridgehead atoms. The summed E-state index contributed by atoms with van der Waals surface area (Å²) in [4.78, 5) is 4.05. The van der Waals surface area contributed by atoms with Crippen LogP contribution >= 0.6 is 12.2 Å². The van der Waals surface area contributed by atoms with E-state index in [1.54, 1.807) is 17.1 Å². The topological polar surface area (TPSA) is 63.8 Å². The second kappa shape index (κ2) is 7.10. The Kier molecular flexibility index (Phi) is 4.29. The van der Waals surface area contributed by atoms with Gasteiger partial charge in [-0.3, -0.25) is 4.98 Å². The van der Waals surface area contributed by atoms with Crippen LogP contribution in [0.15, 0.2) is 72.1 Å². The van der Waals surface area contributed by atoms with Crippen molar-refractivity contribution in [2.45, 2.75) is 13.5 Å². The van der Waals surface area contributed by atoms with E-state index >= 15 is 0 Å². The molecule has 29 heavy (non-hydrogen) atoms. The van der Waals surface area contributed by atoms with Gasteiger partial charge in [0.25, 0.3) is 0 Å². The van der Waals surface area contributed by atoms with Crippen LogP contribution in [0, 0.1) is 4.77 Å². The molecule has 0 spiro atoms. The van der Waals surface area contributed by atoms with Crippen LogP contribution in [0.25, 0.3) is 33.2 Å². The number of aryl methyl sites for hydroxylation is 1. The highest BCUT2D eigenvalue weighted by molar-refractivity contribution is 7.71. The Morgan fingerprint density at radius 1 is 1.03 bits per heavy atom. The van der Waals surface area contributed by atoms with E-state index in [2.05, 4.69) is 74.2 Å². The highest BCUT2D eigenvalue weighted by Crippen LogP contribution is 2.29. The number of para-hydroxylation sites is 1. The average Bonchev–Trinajstić information content (AvgIpc) is 3.30. The number of fused-ring (bicyclic) bond motifs is 3. The monoisotopic (exact) mass is 398 g/mol. The summed E-state index contributed by atoms with van der Waals surface area (Å²) in [6.07, 6.45) is 5.25. The maximum absolute atomic E-state index is 5.36. The van der Waals surface area contributed by atoms with Crippen LogP contribution in [0.3, 0.4) is 0 Å². The molecular weight excluding hydrogens is 380 g/mol. The number of rotatable bonds is 4. The molecule has 142 valence electrons. The lowest BCUT2D eigenvalue weighted by molar-refractivity contribution is 0.827. The van der Waals surface area contributed by atoms with Gasteiger partial charge in [0.05, 0.1) is 6.21 Å². The summed E-state index contributed by atoms with van der Waals surface area (Å²) in [6, 6.07) is 18.6. The van der Waals surface area contributed by atoms with Crippen LogP contribution < -0.4 is 0 Å². The van der Waals surface area contributed by atoms with E-state index in [4.69, 9.17) is 12.2 Å². The van der Waals surface area contributed by atoms with E-state index in [-0.39, 0.29) is 0 Å². The van der Waals surface area contributed by atoms with E-state index in [0.717, 1.165) is 17.7 Å². The van der Waals surface area contributed by atoms with Gasteiger partial charge in [-0.25, -0.2) is 5.10 Å². The summed E-state index contributed by atoms with van der Waals surface area (Å²) >= 11 is 5.36. The maximum atomic E-state index is 5.36. The molecule has 5 rings (SSSR count). The Morgan fingerprint density at radius 2 is 1.83 bits per heavy atom. The van der Waals surface area contributed by atoms with Crippen molar-refractivity contribution in [1.29, 1.82) is 0 Å². The van der Waals surface area contributed by atoms with E-state index in [0.29, 0.717) is 10.6 Å². The normalized spacial score (nSPS) is 11.8. The summed E-state index contributed by atoms with van der Waals surface area (Å²) in [5, 5.41) is 14.2. The Balaban J connectivity index is 1.60. The predicted octanol–water partition coefficient (Wildman–Crippen LogP) is 5.01. The van der Waals surface area contributed by atoms with Crippen LogP contribution in [0.5, 0.6) is 0 Å². The lowest BCUT2D eigenvalue weighted by Gasteiger charge is -2.03. The first kappa shape index (κ1) is 17.5. The van der Waals surface area contributed by atoms with Gasteiger partial charge in [0.2, 0.25) is 4.77 Å². The smallest absolute Gasteiger partial charge is 0.216 e. The fraction of sp³-hybridized carbons (Fsp3) is 0.0909. The van der Waals surface area contributed by atoms with Crippen molar-refractivity contribution in [2.24, 2.45) is 5.10 Å². The molecule has 6 nitrogen and oxygen atoms in total. The van der Waals surface area contributed by atoms with Gasteiger partial charge >= 0.3 is 0 Å². The molecule has 0 fully saturated rings. The standard InChI is InChI=1S/C22H18N6S/c1-2-27-19-6-4-3-5-17(19)18-13-15(7-8-20(18)27)14-24-28-21(25-26-22(28)29)16-9-11-23-12-10-16/h3-14H,2H2,1H3,(H,26,29)/b24-14-. The molecule has 0 unspecified atom stereocenters. The number of nitrogens with one attached hydrogen (secondary N) is 1. The first-order chi connectivity index (χ1) is 14.3. The Bertz CT molecular complexity index is 1410. The molecule has 0 aliphatic carbocycles. The van der Waals surface area contributed by atoms with E-state index in [1.807, 2.05) is 18.3 Å². The molecule has 0 aliphatic heterocycles. The van der Waals surface area contributed by atoms with Crippen LogP contribution in [0.4, 0.5) is 0 Å². The van der Waals surface area contributed by atoms with Crippen molar-refractivity contribution in [3.05, 3.63) is 77.3 Å². The van der Waals surface area contributed by atoms with Crippen LogP contribution in [0.1, 0.15) is 12.5 Å². The first-order valence-electron chi connectivity index (χ1n) is 9.39. The average molecular weight is 398 g/mol. The van der Waals surface area contributed by atoms with Gasteiger partial charge in [0.15, 0.2) is 5.82 Å². The molecule has 0 aliphatic rings. The van der Waals surface area contributed by atoms with E-state index < -0.39 is 0 Å². The number of aromatic nitrogens is 5. The fourth-order valence-electron chi connectivity index (χ4n) is 3.70. The van der Waals surface area contributed by atoms with Crippen molar-refractivity contribution in [3.8, 4) is 11.4 Å². The third kappa shape index (κ3) is 2.96. The van der Waals surface area contributed by atoms with Crippen LogP contribution in [-0.4, -0.2) is 30.6 Å². The minimum Gasteiger partial charge on any atom is -0.341 e. The molecule has 7 heteroatoms. The summed E-state index contributed by atoms with van der Waals surface area (Å²) in [6.45, 7) is 3.10. The first-order valence-corrected chi connectivity index (χ1v) is 9.80. The molecule has 0 atom stereocenters. The molecule has 0 amide bonds. The SMILES string of the molecule is CCn1c2ccccc2c2cc(/C=N\n3c(-c4ccncc4)n[nH]c3=S)ccc21. The Hall–Kier alpha value is -3.58. The van der Waals surface area contributed by atoms with Crippen molar-refractivity contribution in [1.82, 2.24) is 24.4 Å². The molecule has 3 aromatic heterocycles. The van der Waals surface area contributed by atoms with Gasteiger partial charge in [-0.1, -0.05) is 24.3 Å². The number of pyridine rings is 1. The summed E-state index contributed by atoms with van der Waals surface area (Å²) in [5.41, 5.74) is 4.37. The summed E-state index contributed by atoms with van der Waals surface area (Å²) in [5.74, 6) is 0.650. The lowest BCUT2D eigenvalue weighted by Crippen LogP contribution is -1.95. The lowest BCUT2D eigenvalue weighted by atomic mass is 10.1. The van der Waals surface area contributed by atoms with Gasteiger partial charge in [0, 0.05) is 46.3 Å². The van der Waals surface area contributed by atoms with Crippen LogP contribution in [0.2, 0.25) is 0 Å². The zero-order valence-electron chi connectivity index (χ0n) is 15.8. The van der Waals surface area contributed by atoms with E-state index in [9.17, 15) is 0 Å². The summed E-state index contributed by atoms with van der Waals surface area (Å²) in [7, 11) is 0. The van der Waals surface area contributed by atoms with Crippen molar-refractivity contribution < 1.29 is 0 Å². The Labute approximate surface area is 172 Å². The summed E-state index contributed by atoms with van der Waals surface area (Å²) < 4.78 is 4.40. The quantitative estimate of drug-likeness (QED) is 0.342. The Morgan fingerprint density at radius 3 is 2.66 bits per heavy atom. The molecular formula is C22H18N6S. The number of nitrogens with zero attached hydrogens (tertiary/aromatic N) is 5. The number of aromatic amines is 1. The van der Waals surface area contributed by atoms with Crippen LogP contribution in [-0.2, 0) is 6.54 Å². The second-order valence-corrected chi connectivity index (χ2v) is 7.07. The number of H-pyrrole nitrogens is 1. The third-order valence-corrected chi connectivity index (χ3v) is 5.29. The zero-order valence-corrected chi connectivity index (χ0v) is 16.6. The molecule has 3 heterocycles. The number of hydrogen-bond acceptors (Lipinski definition) is 4. The van der Waals surface area contributed by atoms with Gasteiger partial charge in [-0.15, -0.1) is 0 Å². The minimum atomic E-state index is 0.441. The molecule has 0 radical (unpaired) electrons. The van der Waals surface area contributed by atoms with E-state index in [1.165, 1.54) is 21.8 Å². The molecule has 0 saturated heterocycles. The van der Waals surface area contributed by atoms with Gasteiger partial charge < -0.3 is 4.57 Å². The van der Waals surface area contributed by atoms with Gasteiger partial charge in [0.1, 0.15) is 0 Å². The largest absolute Gasteiger partial charge is 0.341 e. The highest BCUT2D eigenvalue weighted by Gasteiger charge is 2.10. The molecule has 2 aromatic carbocycles. The molecule has 5 aromatic rings. The van der Waals surface area contributed by atoms with Crippen molar-refractivity contribution in [3.63, 3.8) is 0 Å². The molecule has 1 N–H and O–H groups in total. The fourth-order valence-corrected chi connectivity index (χ4v) is 3.88. The third-order valence-electron chi connectivity index (χ3n) is 5.02. The predicted molar refractivity (Wildman–Crippen MR) is 119 cm³/mol. The highest BCUT2D eigenvalue weighted by atomic mass is 32.1. The van der Waals surface area contributed by atoms with Crippen molar-refractivity contribution >= 4 is 40.2 Å². The maximum Gasteiger partial charge on any atom is 0.216 e. The van der Waals surface area contributed by atoms with Gasteiger partial charge in [-0.05, 0) is 55.0 Å². The van der Waals surface area contributed by atoms with Gasteiger partial charge in [-0.2, -0.15) is 14.9 Å². The second-order valence-electron chi connectivity index (χ2n) is 6.68. The minimum absolute atomic E-state index is 0.441. The zero-order chi connectivity index (χ0) is 19.8. The number of benzene rings is 2.